The molecule has 3 atom stereocenters. The zero-order chi connectivity index (χ0) is 18.1. The first kappa shape index (κ1) is 17.1. The summed E-state index contributed by atoms with van der Waals surface area (Å²) in [7, 11) is 0. The van der Waals surface area contributed by atoms with Gasteiger partial charge >= 0.3 is 0 Å². The van der Waals surface area contributed by atoms with E-state index >= 15 is 0 Å². The van der Waals surface area contributed by atoms with E-state index in [-0.39, 0.29) is 6.04 Å². The van der Waals surface area contributed by atoms with Gasteiger partial charge < -0.3 is 14.7 Å². The Morgan fingerprint density at radius 3 is 2.81 bits per heavy atom. The van der Waals surface area contributed by atoms with Gasteiger partial charge in [0.25, 0.3) is 0 Å². The number of piperidine rings is 1. The normalized spacial score (nSPS) is 28.7. The molecule has 3 unspecified atom stereocenters. The van der Waals surface area contributed by atoms with Crippen LogP contribution in [-0.4, -0.2) is 47.3 Å². The summed E-state index contributed by atoms with van der Waals surface area (Å²) < 4.78 is 5.54. The zero-order valence-corrected chi connectivity index (χ0v) is 15.5. The molecule has 0 spiro atoms. The van der Waals surface area contributed by atoms with Gasteiger partial charge in [-0.05, 0) is 63.2 Å². The van der Waals surface area contributed by atoms with Crippen molar-refractivity contribution in [2.45, 2.75) is 44.2 Å². The van der Waals surface area contributed by atoms with Crippen LogP contribution in [0.3, 0.4) is 0 Å². The van der Waals surface area contributed by atoms with Gasteiger partial charge in [0.2, 0.25) is 11.7 Å². The maximum Gasteiger partial charge on any atom is 0.245 e. The van der Waals surface area contributed by atoms with Crippen molar-refractivity contribution in [3.63, 3.8) is 0 Å². The number of anilines is 1. The van der Waals surface area contributed by atoms with Crippen LogP contribution in [0.1, 0.15) is 44.0 Å². The summed E-state index contributed by atoms with van der Waals surface area (Å²) in [5.41, 5.74) is 7.62. The molecular formula is C19H27N7O. The first-order valence-corrected chi connectivity index (χ1v) is 10.1. The second-order valence-corrected chi connectivity index (χ2v) is 7.85. The van der Waals surface area contributed by atoms with Crippen LogP contribution in [0.25, 0.3) is 11.4 Å². The first-order chi connectivity index (χ1) is 13.4. The minimum atomic E-state index is 0.0671. The molecule has 2 aromatic heterocycles. The van der Waals surface area contributed by atoms with Gasteiger partial charge in [-0.15, -0.1) is 0 Å². The molecule has 27 heavy (non-hydrogen) atoms. The largest absolute Gasteiger partial charge is 0.357 e. The lowest BCUT2D eigenvalue weighted by atomic mass is 9.95. The lowest BCUT2D eigenvalue weighted by Crippen LogP contribution is -2.36. The van der Waals surface area contributed by atoms with Crippen LogP contribution >= 0.6 is 0 Å². The highest BCUT2D eigenvalue weighted by Gasteiger charge is 2.35. The average molecular weight is 369 g/mol. The molecule has 0 saturated carbocycles. The molecule has 8 nitrogen and oxygen atoms in total. The SMILES string of the molecule is c1cc(N2CCCCC2)ncc1-c1noc(C2CC(C3CCNC3)NN2)n1. The maximum atomic E-state index is 5.54. The Morgan fingerprint density at radius 2 is 2.04 bits per heavy atom. The fourth-order valence-electron chi connectivity index (χ4n) is 4.40. The van der Waals surface area contributed by atoms with Gasteiger partial charge in [0, 0.05) is 30.9 Å². The van der Waals surface area contributed by atoms with Crippen LogP contribution in [0.2, 0.25) is 0 Å². The molecule has 5 heterocycles. The van der Waals surface area contributed by atoms with E-state index in [4.69, 9.17) is 4.52 Å². The van der Waals surface area contributed by atoms with E-state index in [0.717, 1.165) is 44.0 Å². The number of hydrogen-bond donors (Lipinski definition) is 3. The molecule has 144 valence electrons. The van der Waals surface area contributed by atoms with Crippen molar-refractivity contribution < 1.29 is 4.52 Å². The number of hydrazine groups is 1. The highest BCUT2D eigenvalue weighted by atomic mass is 16.5. The van der Waals surface area contributed by atoms with Gasteiger partial charge in [-0.2, -0.15) is 4.98 Å². The monoisotopic (exact) mass is 369 g/mol. The van der Waals surface area contributed by atoms with Gasteiger partial charge in [0.05, 0.1) is 0 Å². The van der Waals surface area contributed by atoms with Crippen molar-refractivity contribution in [2.24, 2.45) is 5.92 Å². The van der Waals surface area contributed by atoms with Gasteiger partial charge in [0.15, 0.2) is 0 Å². The summed E-state index contributed by atoms with van der Waals surface area (Å²) in [5, 5.41) is 7.60. The molecule has 2 aromatic rings. The van der Waals surface area contributed by atoms with E-state index in [0.29, 0.717) is 23.7 Å². The lowest BCUT2D eigenvalue weighted by Gasteiger charge is -2.27. The van der Waals surface area contributed by atoms with Crippen molar-refractivity contribution in [1.82, 2.24) is 31.3 Å². The van der Waals surface area contributed by atoms with Gasteiger partial charge in [0.1, 0.15) is 11.9 Å². The second-order valence-electron chi connectivity index (χ2n) is 7.85. The molecule has 0 aromatic carbocycles. The summed E-state index contributed by atoms with van der Waals surface area (Å²) in [6.45, 7) is 4.38. The van der Waals surface area contributed by atoms with Crippen LogP contribution in [-0.2, 0) is 0 Å². The number of nitrogens with one attached hydrogen (secondary N) is 3. The van der Waals surface area contributed by atoms with Crippen molar-refractivity contribution in [1.29, 1.82) is 0 Å². The summed E-state index contributed by atoms with van der Waals surface area (Å²) in [4.78, 5) is 11.6. The molecule has 0 aliphatic carbocycles. The summed E-state index contributed by atoms with van der Waals surface area (Å²) >= 11 is 0. The van der Waals surface area contributed by atoms with Crippen molar-refractivity contribution in [3.8, 4) is 11.4 Å². The van der Waals surface area contributed by atoms with E-state index in [1.807, 2.05) is 12.3 Å². The molecule has 0 bridgehead atoms. The third kappa shape index (κ3) is 3.56. The first-order valence-electron chi connectivity index (χ1n) is 10.1. The Morgan fingerprint density at radius 1 is 1.11 bits per heavy atom. The smallest absolute Gasteiger partial charge is 0.245 e. The van der Waals surface area contributed by atoms with Gasteiger partial charge in [-0.25, -0.2) is 10.4 Å². The van der Waals surface area contributed by atoms with E-state index in [1.54, 1.807) is 0 Å². The molecule has 3 N–H and O–H groups in total. The Balaban J connectivity index is 1.25. The molecule has 3 aliphatic heterocycles. The number of hydrogen-bond acceptors (Lipinski definition) is 8. The Labute approximate surface area is 159 Å². The second kappa shape index (κ2) is 7.53. The molecule has 3 saturated heterocycles. The Hall–Kier alpha value is -2.03. The number of rotatable bonds is 4. The molecule has 3 aliphatic rings. The Bertz CT molecular complexity index is 750. The molecule has 5 rings (SSSR count). The summed E-state index contributed by atoms with van der Waals surface area (Å²) in [6.07, 6.45) is 7.86. The molecule has 8 heteroatoms. The minimum absolute atomic E-state index is 0.0671. The maximum absolute atomic E-state index is 5.54. The number of aromatic nitrogens is 3. The zero-order valence-electron chi connectivity index (χ0n) is 15.5. The lowest BCUT2D eigenvalue weighted by molar-refractivity contribution is 0.339. The van der Waals surface area contributed by atoms with E-state index in [2.05, 4.69) is 42.3 Å². The van der Waals surface area contributed by atoms with E-state index in [1.165, 1.54) is 25.7 Å². The summed E-state index contributed by atoms with van der Waals surface area (Å²) in [6, 6.07) is 4.62. The van der Waals surface area contributed by atoms with Gasteiger partial charge in [-0.1, -0.05) is 5.16 Å². The van der Waals surface area contributed by atoms with Crippen molar-refractivity contribution in [2.75, 3.05) is 31.1 Å². The highest BCUT2D eigenvalue weighted by Crippen LogP contribution is 2.28. The number of pyridine rings is 1. The Kier molecular flexibility index (Phi) is 4.77. The quantitative estimate of drug-likeness (QED) is 0.749. The topological polar surface area (TPSA) is 91.1 Å². The minimum Gasteiger partial charge on any atom is -0.357 e. The third-order valence-electron chi connectivity index (χ3n) is 6.03. The van der Waals surface area contributed by atoms with Crippen LogP contribution in [0.4, 0.5) is 5.82 Å². The predicted molar refractivity (Wildman–Crippen MR) is 102 cm³/mol. The molecule has 3 fully saturated rings. The van der Waals surface area contributed by atoms with E-state index in [9.17, 15) is 0 Å². The van der Waals surface area contributed by atoms with Crippen LogP contribution < -0.4 is 21.1 Å². The molecule has 0 amide bonds. The van der Waals surface area contributed by atoms with Crippen molar-refractivity contribution in [3.05, 3.63) is 24.2 Å². The summed E-state index contributed by atoms with van der Waals surface area (Å²) in [5.74, 6) is 2.95. The highest BCUT2D eigenvalue weighted by molar-refractivity contribution is 5.56. The van der Waals surface area contributed by atoms with Crippen molar-refractivity contribution >= 4 is 5.82 Å². The number of nitrogens with zero attached hydrogens (tertiary/aromatic N) is 4. The van der Waals surface area contributed by atoms with E-state index < -0.39 is 0 Å². The predicted octanol–water partition coefficient (Wildman–Crippen LogP) is 1.64. The fraction of sp³-hybridized carbons (Fsp3) is 0.632. The van der Waals surface area contributed by atoms with Gasteiger partial charge in [-0.3, -0.25) is 5.43 Å². The third-order valence-corrected chi connectivity index (χ3v) is 6.03. The van der Waals surface area contributed by atoms with Crippen LogP contribution in [0.15, 0.2) is 22.9 Å². The molecular weight excluding hydrogens is 342 g/mol. The van der Waals surface area contributed by atoms with Crippen LogP contribution in [0, 0.1) is 5.92 Å². The average Bonchev–Trinajstić information content (AvgIpc) is 3.49. The standard InChI is InChI=1S/C19H27N7O/c1-2-8-26(9-3-1)17-5-4-14(12-21-17)18-22-19(27-25-18)16-10-15(23-24-16)13-6-7-20-11-13/h4-5,12-13,15-16,20,23-24H,1-3,6-11H2. The molecule has 0 radical (unpaired) electrons. The van der Waals surface area contributed by atoms with Crippen LogP contribution in [0.5, 0.6) is 0 Å². The fourth-order valence-corrected chi connectivity index (χ4v) is 4.40.